The maximum atomic E-state index is 13.1. The molecule has 0 aliphatic heterocycles. The van der Waals surface area contributed by atoms with Crippen LogP contribution in [0.15, 0.2) is 79.0 Å². The zero-order valence-corrected chi connectivity index (χ0v) is 18.5. The van der Waals surface area contributed by atoms with Gasteiger partial charge in [0, 0.05) is 16.8 Å². The van der Waals surface area contributed by atoms with Gasteiger partial charge in [-0.1, -0.05) is 66.2 Å². The van der Waals surface area contributed by atoms with E-state index < -0.39 is 17.9 Å². The number of carboxylic acid groups (broad SMARTS) is 1. The Labute approximate surface area is 195 Å². The van der Waals surface area contributed by atoms with E-state index in [0.29, 0.717) is 22.0 Å². The summed E-state index contributed by atoms with van der Waals surface area (Å²) >= 11 is 6.25. The number of hydrogen-bond donors (Lipinski definition) is 2. The second-order valence-electron chi connectivity index (χ2n) is 7.49. The van der Waals surface area contributed by atoms with Crippen molar-refractivity contribution in [3.8, 4) is 17.0 Å². The standard InChI is InChI=1S/C26H21ClN2O4/c1-33-26-21(18-11-10-16-6-2-3-7-17(16)12-18)13-19(15-28-26)25(32)29-23(14-24(30)31)20-8-4-5-9-22(20)27/h2-13,15,23H,14H2,1H3,(H,29,32)(H,30,31). The summed E-state index contributed by atoms with van der Waals surface area (Å²) in [4.78, 5) is 28.8. The fourth-order valence-corrected chi connectivity index (χ4v) is 3.98. The molecule has 1 amide bonds. The summed E-state index contributed by atoms with van der Waals surface area (Å²) in [5, 5.41) is 14.7. The number of aromatic nitrogens is 1. The van der Waals surface area contributed by atoms with Gasteiger partial charge in [-0.05, 0) is 40.1 Å². The van der Waals surface area contributed by atoms with E-state index in [4.69, 9.17) is 16.3 Å². The minimum Gasteiger partial charge on any atom is -0.481 e. The van der Waals surface area contributed by atoms with Crippen LogP contribution in [-0.2, 0) is 4.79 Å². The number of fused-ring (bicyclic) bond motifs is 1. The first-order valence-corrected chi connectivity index (χ1v) is 10.6. The lowest BCUT2D eigenvalue weighted by Gasteiger charge is -2.19. The molecular formula is C26H21ClN2O4. The Bertz CT molecular complexity index is 1340. The summed E-state index contributed by atoms with van der Waals surface area (Å²) < 4.78 is 5.43. The van der Waals surface area contributed by atoms with Crippen molar-refractivity contribution in [3.63, 3.8) is 0 Å². The first-order valence-electron chi connectivity index (χ1n) is 10.3. The number of carbonyl (C=O) groups excluding carboxylic acids is 1. The minimum atomic E-state index is -1.05. The zero-order valence-electron chi connectivity index (χ0n) is 17.8. The Morgan fingerprint density at radius 2 is 1.76 bits per heavy atom. The number of nitrogens with zero attached hydrogens (tertiary/aromatic N) is 1. The van der Waals surface area contributed by atoms with Crippen LogP contribution in [0.4, 0.5) is 0 Å². The molecule has 3 aromatic carbocycles. The van der Waals surface area contributed by atoms with Crippen LogP contribution in [0.5, 0.6) is 5.88 Å². The van der Waals surface area contributed by atoms with Gasteiger partial charge in [0.15, 0.2) is 0 Å². The van der Waals surface area contributed by atoms with E-state index in [-0.39, 0.29) is 12.0 Å². The smallest absolute Gasteiger partial charge is 0.305 e. The highest BCUT2D eigenvalue weighted by molar-refractivity contribution is 6.31. The lowest BCUT2D eigenvalue weighted by Crippen LogP contribution is -2.30. The predicted molar refractivity (Wildman–Crippen MR) is 128 cm³/mol. The molecular weight excluding hydrogens is 440 g/mol. The molecule has 4 aromatic rings. The third-order valence-corrected chi connectivity index (χ3v) is 5.68. The Kier molecular flexibility index (Phi) is 6.56. The maximum Gasteiger partial charge on any atom is 0.305 e. The Hall–Kier alpha value is -3.90. The Balaban J connectivity index is 1.68. The fourth-order valence-electron chi connectivity index (χ4n) is 3.72. The van der Waals surface area contributed by atoms with Gasteiger partial charge in [0.25, 0.3) is 5.91 Å². The number of methoxy groups -OCH3 is 1. The lowest BCUT2D eigenvalue weighted by molar-refractivity contribution is -0.137. The third-order valence-electron chi connectivity index (χ3n) is 5.33. The largest absolute Gasteiger partial charge is 0.481 e. The molecule has 0 fully saturated rings. The molecule has 0 saturated heterocycles. The number of aliphatic carboxylic acids is 1. The van der Waals surface area contributed by atoms with Crippen molar-refractivity contribution >= 4 is 34.2 Å². The molecule has 1 aromatic heterocycles. The van der Waals surface area contributed by atoms with Crippen LogP contribution < -0.4 is 10.1 Å². The quantitative estimate of drug-likeness (QED) is 0.379. The van der Waals surface area contributed by atoms with Gasteiger partial charge in [-0.25, -0.2) is 4.98 Å². The van der Waals surface area contributed by atoms with Crippen LogP contribution >= 0.6 is 11.6 Å². The monoisotopic (exact) mass is 460 g/mol. The molecule has 7 heteroatoms. The highest BCUT2D eigenvalue weighted by atomic mass is 35.5. The average Bonchev–Trinajstić information content (AvgIpc) is 2.83. The summed E-state index contributed by atoms with van der Waals surface area (Å²) in [5.41, 5.74) is 2.32. The topological polar surface area (TPSA) is 88.5 Å². The van der Waals surface area contributed by atoms with E-state index in [9.17, 15) is 14.7 Å². The summed E-state index contributed by atoms with van der Waals surface area (Å²) in [6, 6.07) is 21.7. The molecule has 0 radical (unpaired) electrons. The number of pyridine rings is 1. The van der Waals surface area contributed by atoms with E-state index in [1.165, 1.54) is 13.3 Å². The second kappa shape index (κ2) is 9.71. The van der Waals surface area contributed by atoms with E-state index >= 15 is 0 Å². The lowest BCUT2D eigenvalue weighted by atomic mass is 10.00. The molecule has 0 bridgehead atoms. The minimum absolute atomic E-state index is 0.279. The molecule has 4 rings (SSSR count). The Morgan fingerprint density at radius 3 is 2.48 bits per heavy atom. The van der Waals surface area contributed by atoms with Gasteiger partial charge in [-0.3, -0.25) is 9.59 Å². The molecule has 1 unspecified atom stereocenters. The van der Waals surface area contributed by atoms with E-state index in [1.54, 1.807) is 30.3 Å². The van der Waals surface area contributed by atoms with Crippen molar-refractivity contribution in [1.82, 2.24) is 10.3 Å². The molecule has 166 valence electrons. The average molecular weight is 461 g/mol. The van der Waals surface area contributed by atoms with Gasteiger partial charge >= 0.3 is 5.97 Å². The first kappa shape index (κ1) is 22.3. The van der Waals surface area contributed by atoms with E-state index in [1.807, 2.05) is 42.5 Å². The molecule has 33 heavy (non-hydrogen) atoms. The van der Waals surface area contributed by atoms with Gasteiger partial charge in [-0.2, -0.15) is 0 Å². The summed E-state index contributed by atoms with van der Waals surface area (Å²) in [6.07, 6.45) is 1.10. The molecule has 1 heterocycles. The summed E-state index contributed by atoms with van der Waals surface area (Å²) in [7, 11) is 1.52. The third kappa shape index (κ3) is 4.96. The molecule has 6 nitrogen and oxygen atoms in total. The molecule has 0 saturated carbocycles. The molecule has 0 spiro atoms. The van der Waals surface area contributed by atoms with E-state index in [2.05, 4.69) is 10.3 Å². The van der Waals surface area contributed by atoms with Crippen LogP contribution in [0.3, 0.4) is 0 Å². The van der Waals surface area contributed by atoms with Crippen LogP contribution in [0, 0.1) is 0 Å². The molecule has 2 N–H and O–H groups in total. The molecule has 0 aliphatic carbocycles. The SMILES string of the molecule is COc1ncc(C(=O)NC(CC(=O)O)c2ccccc2Cl)cc1-c1ccc2ccccc2c1. The van der Waals surface area contributed by atoms with Crippen LogP contribution in [0.25, 0.3) is 21.9 Å². The molecule has 0 aliphatic rings. The summed E-state index contributed by atoms with van der Waals surface area (Å²) in [5.74, 6) is -1.13. The Morgan fingerprint density at radius 1 is 1.03 bits per heavy atom. The normalized spacial score (nSPS) is 11.7. The van der Waals surface area contributed by atoms with Crippen LogP contribution in [0.2, 0.25) is 5.02 Å². The number of rotatable bonds is 7. The maximum absolute atomic E-state index is 13.1. The van der Waals surface area contributed by atoms with Crippen molar-refractivity contribution in [1.29, 1.82) is 0 Å². The van der Waals surface area contributed by atoms with Gasteiger partial charge in [-0.15, -0.1) is 0 Å². The zero-order chi connectivity index (χ0) is 23.4. The van der Waals surface area contributed by atoms with Gasteiger partial charge in [0.05, 0.1) is 25.1 Å². The highest BCUT2D eigenvalue weighted by Crippen LogP contribution is 2.32. The first-order chi connectivity index (χ1) is 16.0. The molecule has 1 atom stereocenters. The van der Waals surface area contributed by atoms with Gasteiger partial charge in [0.2, 0.25) is 5.88 Å². The predicted octanol–water partition coefficient (Wildman–Crippen LogP) is 5.51. The number of carboxylic acids is 1. The highest BCUT2D eigenvalue weighted by Gasteiger charge is 2.22. The number of benzene rings is 3. The number of hydrogen-bond acceptors (Lipinski definition) is 4. The van der Waals surface area contributed by atoms with E-state index in [0.717, 1.165) is 16.3 Å². The van der Waals surface area contributed by atoms with Crippen molar-refractivity contribution in [2.75, 3.05) is 7.11 Å². The number of ether oxygens (including phenoxy) is 1. The second-order valence-corrected chi connectivity index (χ2v) is 7.90. The summed E-state index contributed by atoms with van der Waals surface area (Å²) in [6.45, 7) is 0. The van der Waals surface area contributed by atoms with Crippen molar-refractivity contribution < 1.29 is 19.4 Å². The number of amides is 1. The fraction of sp³-hybridized carbons (Fsp3) is 0.115. The number of carbonyl (C=O) groups is 2. The number of halogens is 1. The van der Waals surface area contributed by atoms with Crippen molar-refractivity contribution in [2.45, 2.75) is 12.5 Å². The van der Waals surface area contributed by atoms with Crippen molar-refractivity contribution in [2.24, 2.45) is 0 Å². The number of nitrogens with one attached hydrogen (secondary N) is 1. The van der Waals surface area contributed by atoms with Crippen LogP contribution in [0.1, 0.15) is 28.4 Å². The van der Waals surface area contributed by atoms with Crippen LogP contribution in [-0.4, -0.2) is 29.1 Å². The van der Waals surface area contributed by atoms with Crippen molar-refractivity contribution in [3.05, 3.63) is 95.1 Å². The van der Waals surface area contributed by atoms with Gasteiger partial charge in [0.1, 0.15) is 0 Å². The van der Waals surface area contributed by atoms with Gasteiger partial charge < -0.3 is 15.2 Å².